The third-order valence-corrected chi connectivity index (χ3v) is 5.11. The second-order valence-corrected chi connectivity index (χ2v) is 6.51. The summed E-state index contributed by atoms with van der Waals surface area (Å²) in [4.78, 5) is 16.1. The number of hydrogen-bond acceptors (Lipinski definition) is 4. The SMILES string of the molecule is CCOCc1cc(C(=O)N2CCc3sccc3C2)ccc1OC. The molecule has 0 saturated carbocycles. The van der Waals surface area contributed by atoms with Gasteiger partial charge in [0.25, 0.3) is 5.91 Å². The van der Waals surface area contributed by atoms with E-state index in [4.69, 9.17) is 9.47 Å². The van der Waals surface area contributed by atoms with Crippen molar-refractivity contribution in [3.8, 4) is 5.75 Å². The zero-order valence-corrected chi connectivity index (χ0v) is 14.3. The van der Waals surface area contributed by atoms with Gasteiger partial charge in [-0.3, -0.25) is 4.79 Å². The minimum atomic E-state index is 0.0715. The lowest BCUT2D eigenvalue weighted by Crippen LogP contribution is -2.35. The zero-order chi connectivity index (χ0) is 16.2. The molecule has 122 valence electrons. The summed E-state index contributed by atoms with van der Waals surface area (Å²) >= 11 is 1.78. The highest BCUT2D eigenvalue weighted by molar-refractivity contribution is 7.10. The van der Waals surface area contributed by atoms with Crippen LogP contribution >= 0.6 is 11.3 Å². The summed E-state index contributed by atoms with van der Waals surface area (Å²) in [5.74, 6) is 0.830. The van der Waals surface area contributed by atoms with Crippen LogP contribution in [0.25, 0.3) is 0 Å². The van der Waals surface area contributed by atoms with E-state index in [0.29, 0.717) is 25.3 Å². The highest BCUT2D eigenvalue weighted by Gasteiger charge is 2.23. The molecule has 0 atom stereocenters. The number of ether oxygens (including phenoxy) is 2. The third kappa shape index (κ3) is 3.41. The van der Waals surface area contributed by atoms with E-state index in [2.05, 4.69) is 11.4 Å². The molecule has 1 aliphatic heterocycles. The van der Waals surface area contributed by atoms with Crippen LogP contribution < -0.4 is 4.74 Å². The van der Waals surface area contributed by atoms with E-state index in [1.54, 1.807) is 18.4 Å². The molecule has 2 heterocycles. The summed E-state index contributed by atoms with van der Waals surface area (Å²) in [6, 6.07) is 7.69. The largest absolute Gasteiger partial charge is 0.496 e. The van der Waals surface area contributed by atoms with Crippen molar-refractivity contribution >= 4 is 17.2 Å². The second-order valence-electron chi connectivity index (χ2n) is 5.51. The minimum absolute atomic E-state index is 0.0715. The van der Waals surface area contributed by atoms with Gasteiger partial charge in [0.05, 0.1) is 13.7 Å². The Labute approximate surface area is 140 Å². The fraction of sp³-hybridized carbons (Fsp3) is 0.389. The van der Waals surface area contributed by atoms with Gasteiger partial charge in [0.15, 0.2) is 0 Å². The van der Waals surface area contributed by atoms with E-state index in [9.17, 15) is 4.79 Å². The van der Waals surface area contributed by atoms with Crippen LogP contribution in [0.3, 0.4) is 0 Å². The number of rotatable bonds is 5. The maximum atomic E-state index is 12.8. The molecule has 1 aromatic carbocycles. The normalized spacial score (nSPS) is 13.7. The quantitative estimate of drug-likeness (QED) is 0.842. The highest BCUT2D eigenvalue weighted by Crippen LogP contribution is 2.26. The van der Waals surface area contributed by atoms with E-state index in [1.807, 2.05) is 30.0 Å². The predicted molar refractivity (Wildman–Crippen MR) is 91.1 cm³/mol. The fourth-order valence-corrected chi connectivity index (χ4v) is 3.73. The smallest absolute Gasteiger partial charge is 0.254 e. The average molecular weight is 331 g/mol. The maximum Gasteiger partial charge on any atom is 0.254 e. The average Bonchev–Trinajstić information content (AvgIpc) is 3.06. The van der Waals surface area contributed by atoms with Gasteiger partial charge >= 0.3 is 0 Å². The maximum absolute atomic E-state index is 12.8. The van der Waals surface area contributed by atoms with Gasteiger partial charge in [0.1, 0.15) is 5.75 Å². The zero-order valence-electron chi connectivity index (χ0n) is 13.5. The molecule has 0 N–H and O–H groups in total. The topological polar surface area (TPSA) is 38.8 Å². The summed E-state index contributed by atoms with van der Waals surface area (Å²) < 4.78 is 10.8. The van der Waals surface area contributed by atoms with Crippen LogP contribution in [0.2, 0.25) is 0 Å². The molecule has 1 aliphatic rings. The highest BCUT2D eigenvalue weighted by atomic mass is 32.1. The van der Waals surface area contributed by atoms with E-state index in [-0.39, 0.29) is 5.91 Å². The number of benzene rings is 1. The van der Waals surface area contributed by atoms with Gasteiger partial charge in [-0.25, -0.2) is 0 Å². The van der Waals surface area contributed by atoms with Crippen molar-refractivity contribution in [2.75, 3.05) is 20.3 Å². The van der Waals surface area contributed by atoms with Crippen LogP contribution in [0.15, 0.2) is 29.6 Å². The molecule has 5 heteroatoms. The van der Waals surface area contributed by atoms with Crippen LogP contribution in [-0.4, -0.2) is 31.1 Å². The van der Waals surface area contributed by atoms with Gasteiger partial charge in [0.2, 0.25) is 0 Å². The molecular formula is C18H21NO3S. The minimum Gasteiger partial charge on any atom is -0.496 e. The van der Waals surface area contributed by atoms with Crippen molar-refractivity contribution in [2.24, 2.45) is 0 Å². The molecular weight excluding hydrogens is 310 g/mol. The molecule has 3 rings (SSSR count). The van der Waals surface area contributed by atoms with Crippen LogP contribution in [0.1, 0.15) is 33.3 Å². The summed E-state index contributed by atoms with van der Waals surface area (Å²) in [7, 11) is 1.63. The van der Waals surface area contributed by atoms with Gasteiger partial charge in [0, 0.05) is 35.7 Å². The molecule has 23 heavy (non-hydrogen) atoms. The molecule has 0 aliphatic carbocycles. The number of nitrogens with zero attached hydrogens (tertiary/aromatic N) is 1. The number of carbonyl (C=O) groups excluding carboxylic acids is 1. The lowest BCUT2D eigenvalue weighted by molar-refractivity contribution is 0.0735. The first kappa shape index (κ1) is 16.0. The molecule has 1 amide bonds. The molecule has 4 nitrogen and oxygen atoms in total. The van der Waals surface area contributed by atoms with Gasteiger partial charge < -0.3 is 14.4 Å². The van der Waals surface area contributed by atoms with E-state index >= 15 is 0 Å². The molecule has 2 aromatic rings. The van der Waals surface area contributed by atoms with E-state index < -0.39 is 0 Å². The van der Waals surface area contributed by atoms with Crippen LogP contribution in [-0.2, 0) is 24.3 Å². The lowest BCUT2D eigenvalue weighted by atomic mass is 10.1. The number of thiophene rings is 1. The molecule has 0 saturated heterocycles. The standard InChI is InChI=1S/C18H21NO3S/c1-3-22-12-15-10-13(4-5-16(15)21-2)18(20)19-8-6-17-14(11-19)7-9-23-17/h4-5,7,9-10H,3,6,8,11-12H2,1-2H3. The van der Waals surface area contributed by atoms with Crippen LogP contribution in [0.5, 0.6) is 5.75 Å². The summed E-state index contributed by atoms with van der Waals surface area (Å²) in [6.45, 7) is 4.52. The van der Waals surface area contributed by atoms with Crippen molar-refractivity contribution in [1.29, 1.82) is 0 Å². The van der Waals surface area contributed by atoms with Gasteiger partial charge in [-0.2, -0.15) is 0 Å². The number of hydrogen-bond donors (Lipinski definition) is 0. The summed E-state index contributed by atoms with van der Waals surface area (Å²) in [6.07, 6.45) is 0.945. The van der Waals surface area contributed by atoms with E-state index in [0.717, 1.165) is 24.3 Å². The Hall–Kier alpha value is -1.85. The van der Waals surface area contributed by atoms with Crippen molar-refractivity contribution in [3.05, 3.63) is 51.2 Å². The van der Waals surface area contributed by atoms with Crippen LogP contribution in [0.4, 0.5) is 0 Å². The van der Waals surface area contributed by atoms with Gasteiger partial charge in [-0.1, -0.05) is 0 Å². The Bertz CT molecular complexity index is 695. The molecule has 0 fully saturated rings. The van der Waals surface area contributed by atoms with Crippen LogP contribution in [0, 0.1) is 0 Å². The first-order valence-corrected chi connectivity index (χ1v) is 8.70. The lowest BCUT2D eigenvalue weighted by Gasteiger charge is -2.27. The molecule has 0 unspecified atom stereocenters. The summed E-state index contributed by atoms with van der Waals surface area (Å²) in [5, 5.41) is 2.10. The Balaban J connectivity index is 1.79. The van der Waals surface area contributed by atoms with Crippen molar-refractivity contribution in [2.45, 2.75) is 26.5 Å². The molecule has 0 radical (unpaired) electrons. The Kier molecular flexibility index (Phi) is 4.98. The molecule has 0 bridgehead atoms. The second kappa shape index (κ2) is 7.15. The molecule has 0 spiro atoms. The number of fused-ring (bicyclic) bond motifs is 1. The first-order valence-electron chi connectivity index (χ1n) is 7.82. The Morgan fingerprint density at radius 2 is 2.22 bits per heavy atom. The predicted octanol–water partition coefficient (Wildman–Crippen LogP) is 3.49. The van der Waals surface area contributed by atoms with Gasteiger partial charge in [-0.05, 0) is 48.6 Å². The van der Waals surface area contributed by atoms with Gasteiger partial charge in [-0.15, -0.1) is 11.3 Å². The first-order chi connectivity index (χ1) is 11.2. The third-order valence-electron chi connectivity index (χ3n) is 4.08. The number of carbonyl (C=O) groups is 1. The van der Waals surface area contributed by atoms with Crippen molar-refractivity contribution < 1.29 is 14.3 Å². The summed E-state index contributed by atoms with van der Waals surface area (Å²) in [5.41, 5.74) is 2.88. The molecule has 1 aromatic heterocycles. The van der Waals surface area contributed by atoms with Crippen molar-refractivity contribution in [1.82, 2.24) is 4.90 Å². The van der Waals surface area contributed by atoms with Crippen molar-refractivity contribution in [3.63, 3.8) is 0 Å². The van der Waals surface area contributed by atoms with E-state index in [1.165, 1.54) is 10.4 Å². The Morgan fingerprint density at radius 1 is 1.35 bits per heavy atom. The fourth-order valence-electron chi connectivity index (χ4n) is 2.84. The monoisotopic (exact) mass is 331 g/mol. The Morgan fingerprint density at radius 3 is 3.00 bits per heavy atom. The number of methoxy groups -OCH3 is 1. The number of amides is 1.